The van der Waals surface area contributed by atoms with Crippen molar-refractivity contribution in [3.05, 3.63) is 51.7 Å². The van der Waals surface area contributed by atoms with Crippen molar-refractivity contribution in [2.24, 2.45) is 0 Å². The van der Waals surface area contributed by atoms with Gasteiger partial charge in [-0.1, -0.05) is 0 Å². The van der Waals surface area contributed by atoms with Crippen LogP contribution in [0.15, 0.2) is 35.7 Å². The summed E-state index contributed by atoms with van der Waals surface area (Å²) in [5.74, 6) is -0.156. The monoisotopic (exact) mass is 302 g/mol. The number of anilines is 1. The Bertz CT molecular complexity index is 647. The second-order valence-electron chi connectivity index (χ2n) is 4.95. The minimum Gasteiger partial charge on any atom is -0.337 e. The molecule has 2 rings (SSSR count). The molecule has 1 aromatic carbocycles. The third kappa shape index (κ3) is 3.92. The van der Waals surface area contributed by atoms with Gasteiger partial charge < -0.3 is 10.2 Å². The van der Waals surface area contributed by atoms with Crippen LogP contribution in [0, 0.1) is 6.92 Å². The zero-order valence-electron chi connectivity index (χ0n) is 12.3. The third-order valence-corrected chi connectivity index (χ3v) is 4.16. The molecule has 0 spiro atoms. The summed E-state index contributed by atoms with van der Waals surface area (Å²) in [4.78, 5) is 26.2. The minimum atomic E-state index is -0.126. The molecule has 0 aliphatic heterocycles. The highest BCUT2D eigenvalue weighted by Gasteiger charge is 2.13. The Morgan fingerprint density at radius 3 is 2.38 bits per heavy atom. The lowest BCUT2D eigenvalue weighted by molar-refractivity contribution is -0.114. The number of hydrogen-bond donors (Lipinski definition) is 1. The van der Waals surface area contributed by atoms with Gasteiger partial charge >= 0.3 is 0 Å². The van der Waals surface area contributed by atoms with Gasteiger partial charge in [-0.15, -0.1) is 11.3 Å². The van der Waals surface area contributed by atoms with Gasteiger partial charge in [0.05, 0.1) is 6.54 Å². The van der Waals surface area contributed by atoms with Crippen molar-refractivity contribution in [1.29, 1.82) is 0 Å². The number of carbonyl (C=O) groups is 2. The van der Waals surface area contributed by atoms with Crippen LogP contribution >= 0.6 is 11.3 Å². The van der Waals surface area contributed by atoms with E-state index in [0.29, 0.717) is 17.8 Å². The quantitative estimate of drug-likeness (QED) is 0.942. The molecule has 0 unspecified atom stereocenters. The van der Waals surface area contributed by atoms with Gasteiger partial charge in [0.2, 0.25) is 5.91 Å². The number of benzene rings is 1. The normalized spacial score (nSPS) is 10.2. The van der Waals surface area contributed by atoms with Crippen LogP contribution in [0.3, 0.4) is 0 Å². The number of aryl methyl sites for hydroxylation is 1. The fourth-order valence-electron chi connectivity index (χ4n) is 1.97. The van der Waals surface area contributed by atoms with E-state index in [2.05, 4.69) is 11.4 Å². The number of nitrogens with one attached hydrogen (secondary N) is 1. The number of carbonyl (C=O) groups excluding carboxylic acids is 2. The predicted molar refractivity (Wildman–Crippen MR) is 85.6 cm³/mol. The molecule has 2 amide bonds. The van der Waals surface area contributed by atoms with Crippen LogP contribution < -0.4 is 5.32 Å². The van der Waals surface area contributed by atoms with Gasteiger partial charge in [0, 0.05) is 30.1 Å². The first kappa shape index (κ1) is 15.3. The predicted octanol–water partition coefficient (Wildman–Crippen LogP) is 3.29. The van der Waals surface area contributed by atoms with Gasteiger partial charge in [-0.25, -0.2) is 0 Å². The van der Waals surface area contributed by atoms with Crippen LogP contribution in [-0.2, 0) is 11.3 Å². The number of rotatable bonds is 4. The highest BCUT2D eigenvalue weighted by atomic mass is 32.1. The van der Waals surface area contributed by atoms with Crippen molar-refractivity contribution in [1.82, 2.24) is 4.90 Å². The number of thiophene rings is 1. The largest absolute Gasteiger partial charge is 0.337 e. The van der Waals surface area contributed by atoms with Gasteiger partial charge in [0.25, 0.3) is 5.91 Å². The molecule has 0 radical (unpaired) electrons. The fourth-order valence-corrected chi connectivity index (χ4v) is 2.93. The average molecular weight is 302 g/mol. The van der Waals surface area contributed by atoms with E-state index in [4.69, 9.17) is 0 Å². The zero-order chi connectivity index (χ0) is 15.4. The van der Waals surface area contributed by atoms with Crippen molar-refractivity contribution in [3.63, 3.8) is 0 Å². The first-order valence-corrected chi connectivity index (χ1v) is 7.51. The Morgan fingerprint density at radius 2 is 1.86 bits per heavy atom. The molecule has 1 N–H and O–H groups in total. The van der Waals surface area contributed by atoms with Crippen LogP contribution in [0.2, 0.25) is 0 Å². The number of nitrogens with zero attached hydrogens (tertiary/aromatic N) is 1. The smallest absolute Gasteiger partial charge is 0.253 e. The Hall–Kier alpha value is -2.14. The van der Waals surface area contributed by atoms with E-state index in [-0.39, 0.29) is 11.8 Å². The molecule has 0 aliphatic carbocycles. The van der Waals surface area contributed by atoms with E-state index in [9.17, 15) is 9.59 Å². The topological polar surface area (TPSA) is 49.4 Å². The summed E-state index contributed by atoms with van der Waals surface area (Å²) >= 11 is 1.66. The van der Waals surface area contributed by atoms with Crippen molar-refractivity contribution in [2.45, 2.75) is 20.4 Å². The molecule has 0 fully saturated rings. The summed E-state index contributed by atoms with van der Waals surface area (Å²) in [6.45, 7) is 4.11. The van der Waals surface area contributed by atoms with E-state index >= 15 is 0 Å². The second kappa shape index (κ2) is 6.54. The fraction of sp³-hybridized carbons (Fsp3) is 0.250. The Kier molecular flexibility index (Phi) is 4.75. The van der Waals surface area contributed by atoms with Crippen molar-refractivity contribution in [3.8, 4) is 0 Å². The highest BCUT2D eigenvalue weighted by Crippen LogP contribution is 2.18. The molecule has 0 aliphatic rings. The van der Waals surface area contributed by atoms with E-state index in [1.807, 2.05) is 12.3 Å². The lowest BCUT2D eigenvalue weighted by Crippen LogP contribution is -2.26. The third-order valence-electron chi connectivity index (χ3n) is 3.15. The maximum Gasteiger partial charge on any atom is 0.253 e. The molecule has 2 aromatic rings. The molecule has 0 saturated heterocycles. The SMILES string of the molecule is CC(=O)Nc1ccc(C(=O)N(C)Cc2sccc2C)cc1. The van der Waals surface area contributed by atoms with E-state index in [1.54, 1.807) is 47.5 Å². The van der Waals surface area contributed by atoms with E-state index in [0.717, 1.165) is 0 Å². The molecule has 0 bridgehead atoms. The van der Waals surface area contributed by atoms with E-state index in [1.165, 1.54) is 17.4 Å². The van der Waals surface area contributed by atoms with Gasteiger partial charge in [-0.2, -0.15) is 0 Å². The summed E-state index contributed by atoms with van der Waals surface area (Å²) in [5, 5.41) is 4.71. The van der Waals surface area contributed by atoms with Gasteiger partial charge in [0.15, 0.2) is 0 Å². The van der Waals surface area contributed by atoms with E-state index < -0.39 is 0 Å². The van der Waals surface area contributed by atoms with Gasteiger partial charge in [-0.3, -0.25) is 9.59 Å². The molecule has 5 heteroatoms. The summed E-state index contributed by atoms with van der Waals surface area (Å²) in [6.07, 6.45) is 0. The van der Waals surface area contributed by atoms with Crippen LogP contribution in [0.1, 0.15) is 27.7 Å². The van der Waals surface area contributed by atoms with Crippen LogP contribution in [0.25, 0.3) is 0 Å². The zero-order valence-corrected chi connectivity index (χ0v) is 13.2. The summed E-state index contributed by atoms with van der Waals surface area (Å²) in [7, 11) is 1.79. The first-order valence-electron chi connectivity index (χ1n) is 6.63. The molecular formula is C16H18N2O2S. The summed E-state index contributed by atoms with van der Waals surface area (Å²) in [5.41, 5.74) is 2.51. The second-order valence-corrected chi connectivity index (χ2v) is 5.95. The molecular weight excluding hydrogens is 284 g/mol. The molecule has 1 aromatic heterocycles. The van der Waals surface area contributed by atoms with Crippen molar-refractivity contribution >= 4 is 28.8 Å². The minimum absolute atomic E-state index is 0.0304. The van der Waals surface area contributed by atoms with Crippen LogP contribution in [0.5, 0.6) is 0 Å². The van der Waals surface area contributed by atoms with Gasteiger partial charge in [-0.05, 0) is 48.2 Å². The first-order chi connectivity index (χ1) is 9.97. The molecule has 21 heavy (non-hydrogen) atoms. The average Bonchev–Trinajstić information content (AvgIpc) is 2.83. The molecule has 1 heterocycles. The standard InChI is InChI=1S/C16H18N2O2S/c1-11-8-9-21-15(11)10-18(3)16(20)13-4-6-14(7-5-13)17-12(2)19/h4-9H,10H2,1-3H3,(H,17,19). The lowest BCUT2D eigenvalue weighted by atomic mass is 10.1. The number of amides is 2. The Labute approximate surface area is 128 Å². The molecule has 0 atom stereocenters. The molecule has 4 nitrogen and oxygen atoms in total. The van der Waals surface area contributed by atoms with Crippen molar-refractivity contribution < 1.29 is 9.59 Å². The lowest BCUT2D eigenvalue weighted by Gasteiger charge is -2.17. The summed E-state index contributed by atoms with van der Waals surface area (Å²) < 4.78 is 0. The Morgan fingerprint density at radius 1 is 1.19 bits per heavy atom. The Balaban J connectivity index is 2.05. The van der Waals surface area contributed by atoms with Gasteiger partial charge in [0.1, 0.15) is 0 Å². The molecule has 0 saturated carbocycles. The molecule has 110 valence electrons. The highest BCUT2D eigenvalue weighted by molar-refractivity contribution is 7.10. The van der Waals surface area contributed by atoms with Crippen molar-refractivity contribution in [2.75, 3.05) is 12.4 Å². The van der Waals surface area contributed by atoms with Crippen LogP contribution in [0.4, 0.5) is 5.69 Å². The number of hydrogen-bond acceptors (Lipinski definition) is 3. The summed E-state index contributed by atoms with van der Waals surface area (Å²) in [6, 6.07) is 8.98. The van der Waals surface area contributed by atoms with Crippen LogP contribution in [-0.4, -0.2) is 23.8 Å². The maximum atomic E-state index is 12.4. The maximum absolute atomic E-state index is 12.4.